The molecule has 0 spiro atoms. The molecule has 3 aromatic carbocycles. The Hall–Kier alpha value is -4.90. The molecule has 2 aromatic heterocycles. The molecule has 1 N–H and O–H groups in total. The highest BCUT2D eigenvalue weighted by molar-refractivity contribution is 6.31. The second kappa shape index (κ2) is 11.6. The van der Waals surface area contributed by atoms with Crippen molar-refractivity contribution >= 4 is 56.6 Å². The lowest BCUT2D eigenvalue weighted by Gasteiger charge is -2.21. The van der Waals surface area contributed by atoms with Crippen LogP contribution in [-0.4, -0.2) is 72.3 Å². The van der Waals surface area contributed by atoms with E-state index >= 15 is 0 Å². The lowest BCUT2D eigenvalue weighted by atomic mass is 10.2. The molecular formula is C32H33ClN8O3. The molecule has 0 aliphatic carbocycles. The summed E-state index contributed by atoms with van der Waals surface area (Å²) >= 11 is 6.35. The number of hydrogen-bond donors (Lipinski definition) is 1. The number of benzene rings is 3. The van der Waals surface area contributed by atoms with Crippen LogP contribution >= 0.6 is 11.6 Å². The number of fused-ring (bicyclic) bond motifs is 2. The normalized spacial score (nSPS) is 14.8. The van der Waals surface area contributed by atoms with Crippen LogP contribution in [0.25, 0.3) is 27.5 Å². The third-order valence-electron chi connectivity index (χ3n) is 7.86. The summed E-state index contributed by atoms with van der Waals surface area (Å²) in [7, 11) is 7.37. The zero-order valence-electron chi connectivity index (χ0n) is 25.0. The van der Waals surface area contributed by atoms with Gasteiger partial charge in [0.1, 0.15) is 18.2 Å². The average Bonchev–Trinajstić information content (AvgIpc) is 3.46. The maximum Gasteiger partial charge on any atom is 0.354 e. The van der Waals surface area contributed by atoms with E-state index in [0.29, 0.717) is 39.9 Å². The molecule has 6 rings (SSSR count). The number of nitrogens with zero attached hydrogens (tertiary/aromatic N) is 7. The lowest BCUT2D eigenvalue weighted by Crippen LogP contribution is -2.41. The number of hydrogen-bond acceptors (Lipinski definition) is 8. The summed E-state index contributed by atoms with van der Waals surface area (Å²) < 4.78 is 2.99. The second-order valence-corrected chi connectivity index (χ2v) is 11.8. The smallest absolute Gasteiger partial charge is 0.354 e. The van der Waals surface area contributed by atoms with E-state index in [9.17, 15) is 14.4 Å². The van der Waals surface area contributed by atoms with Crippen molar-refractivity contribution in [3.05, 3.63) is 92.7 Å². The minimum Gasteiger partial charge on any atom is -0.369 e. The molecule has 1 aliphatic heterocycles. The summed E-state index contributed by atoms with van der Waals surface area (Å²) in [5.74, 6) is 0.893. The summed E-state index contributed by atoms with van der Waals surface area (Å²) in [6.45, 7) is 1.18. The van der Waals surface area contributed by atoms with Gasteiger partial charge in [-0.25, -0.2) is 9.59 Å². The van der Waals surface area contributed by atoms with Gasteiger partial charge in [0.25, 0.3) is 0 Å². The van der Waals surface area contributed by atoms with E-state index in [1.807, 2.05) is 87.7 Å². The van der Waals surface area contributed by atoms with E-state index in [4.69, 9.17) is 11.6 Å². The van der Waals surface area contributed by atoms with Crippen molar-refractivity contribution in [2.75, 3.05) is 56.0 Å². The minimum atomic E-state index is -0.468. The predicted octanol–water partition coefficient (Wildman–Crippen LogP) is 3.28. The SMILES string of the molecule is CN(C)c1nc(=O)n(CC(=O)NC2CCN(c3cccc(-n4c(=O)nc(N(C)C)c5ccc(Cl)cc54)c3)C2)c2ccccc12. The third-order valence-corrected chi connectivity index (χ3v) is 8.09. The molecule has 1 aliphatic rings. The highest BCUT2D eigenvalue weighted by Gasteiger charge is 2.25. The first-order chi connectivity index (χ1) is 21.1. The number of nitrogens with one attached hydrogen (secondary N) is 1. The van der Waals surface area contributed by atoms with Crippen LogP contribution in [0.3, 0.4) is 0 Å². The van der Waals surface area contributed by atoms with Crippen LogP contribution < -0.4 is 31.4 Å². The fraction of sp³-hybridized carbons (Fsp3) is 0.281. The Bertz CT molecular complexity index is 2020. The number of aromatic nitrogens is 4. The topological polar surface area (TPSA) is 109 Å². The van der Waals surface area contributed by atoms with Crippen molar-refractivity contribution in [1.82, 2.24) is 24.4 Å². The summed E-state index contributed by atoms with van der Waals surface area (Å²) in [5, 5.41) is 5.23. The second-order valence-electron chi connectivity index (χ2n) is 11.3. The predicted molar refractivity (Wildman–Crippen MR) is 176 cm³/mol. The fourth-order valence-electron chi connectivity index (χ4n) is 5.84. The average molecular weight is 613 g/mol. The maximum atomic E-state index is 13.3. The van der Waals surface area contributed by atoms with Crippen molar-refractivity contribution in [1.29, 1.82) is 0 Å². The quantitative estimate of drug-likeness (QED) is 0.298. The zero-order valence-corrected chi connectivity index (χ0v) is 25.7. The molecule has 0 radical (unpaired) electrons. The lowest BCUT2D eigenvalue weighted by molar-refractivity contribution is -0.122. The van der Waals surface area contributed by atoms with Gasteiger partial charge in [-0.1, -0.05) is 29.8 Å². The first-order valence-corrected chi connectivity index (χ1v) is 14.7. The fourth-order valence-corrected chi connectivity index (χ4v) is 6.00. The van der Waals surface area contributed by atoms with Gasteiger partial charge in [0.05, 0.1) is 16.7 Å². The number of amides is 1. The molecule has 1 amide bonds. The van der Waals surface area contributed by atoms with Gasteiger partial charge in [-0.05, 0) is 55.0 Å². The Labute approximate surface area is 258 Å². The molecule has 1 saturated heterocycles. The van der Waals surface area contributed by atoms with Crippen molar-refractivity contribution in [2.24, 2.45) is 0 Å². The Balaban J connectivity index is 1.22. The van der Waals surface area contributed by atoms with E-state index in [0.717, 1.165) is 29.4 Å². The van der Waals surface area contributed by atoms with Gasteiger partial charge < -0.3 is 20.0 Å². The Morgan fingerprint density at radius 2 is 1.55 bits per heavy atom. The van der Waals surface area contributed by atoms with Gasteiger partial charge in [0.2, 0.25) is 5.91 Å². The highest BCUT2D eigenvalue weighted by Crippen LogP contribution is 2.29. The molecule has 11 nitrogen and oxygen atoms in total. The molecule has 1 unspecified atom stereocenters. The van der Waals surface area contributed by atoms with Crippen LogP contribution in [0.15, 0.2) is 76.3 Å². The maximum absolute atomic E-state index is 13.3. The molecule has 0 saturated carbocycles. The monoisotopic (exact) mass is 612 g/mol. The number of para-hydroxylation sites is 1. The molecule has 0 bridgehead atoms. The van der Waals surface area contributed by atoms with Crippen LogP contribution in [-0.2, 0) is 11.3 Å². The molecule has 3 heterocycles. The van der Waals surface area contributed by atoms with Gasteiger partial charge in [-0.3, -0.25) is 13.9 Å². The zero-order chi connectivity index (χ0) is 31.1. The minimum absolute atomic E-state index is 0.106. The Kier molecular flexibility index (Phi) is 7.73. The number of halogens is 1. The standard InChI is InChI=1S/C32H33ClN8O3/c1-37(2)29-24-10-5-6-11-26(24)40(31(43)35-29)19-28(42)34-21-14-15-39(18-21)22-8-7-9-23(17-22)41-27-16-20(33)12-13-25(27)30(38(3)4)36-32(41)44/h5-13,16-17,21H,14-15,18-19H2,1-4H3,(H,34,42). The molecule has 1 atom stereocenters. The van der Waals surface area contributed by atoms with Gasteiger partial charge >= 0.3 is 11.4 Å². The summed E-state index contributed by atoms with van der Waals surface area (Å²) in [4.78, 5) is 53.7. The largest absolute Gasteiger partial charge is 0.369 e. The van der Waals surface area contributed by atoms with Gasteiger partial charge in [0.15, 0.2) is 0 Å². The first-order valence-electron chi connectivity index (χ1n) is 14.3. The summed E-state index contributed by atoms with van der Waals surface area (Å²) in [6, 6.07) is 20.5. The number of carbonyl (C=O) groups is 1. The number of anilines is 3. The van der Waals surface area contributed by atoms with Crippen molar-refractivity contribution < 1.29 is 4.79 Å². The molecule has 226 valence electrons. The molecule has 5 aromatic rings. The third kappa shape index (κ3) is 5.46. The number of rotatable bonds is 7. The van der Waals surface area contributed by atoms with E-state index in [-0.39, 0.29) is 18.5 Å². The molecule has 12 heteroatoms. The highest BCUT2D eigenvalue weighted by atomic mass is 35.5. The van der Waals surface area contributed by atoms with Gasteiger partial charge in [0, 0.05) is 68.8 Å². The van der Waals surface area contributed by atoms with E-state index in [2.05, 4.69) is 20.2 Å². The Morgan fingerprint density at radius 1 is 0.864 bits per heavy atom. The van der Waals surface area contributed by atoms with Crippen molar-refractivity contribution in [3.63, 3.8) is 0 Å². The van der Waals surface area contributed by atoms with Crippen LogP contribution in [0.5, 0.6) is 0 Å². The first kappa shape index (κ1) is 29.2. The van der Waals surface area contributed by atoms with Crippen LogP contribution in [0.4, 0.5) is 17.3 Å². The van der Waals surface area contributed by atoms with Gasteiger partial charge in [-0.2, -0.15) is 9.97 Å². The van der Waals surface area contributed by atoms with Crippen molar-refractivity contribution in [2.45, 2.75) is 19.0 Å². The van der Waals surface area contributed by atoms with Crippen LogP contribution in [0.1, 0.15) is 6.42 Å². The van der Waals surface area contributed by atoms with E-state index in [1.54, 1.807) is 21.6 Å². The van der Waals surface area contributed by atoms with Crippen LogP contribution in [0.2, 0.25) is 5.02 Å². The van der Waals surface area contributed by atoms with Gasteiger partial charge in [-0.15, -0.1) is 0 Å². The summed E-state index contributed by atoms with van der Waals surface area (Å²) in [5.41, 5.74) is 2.05. The Morgan fingerprint density at radius 3 is 2.30 bits per heavy atom. The number of carbonyl (C=O) groups excluding carboxylic acids is 1. The molecule has 1 fully saturated rings. The summed E-state index contributed by atoms with van der Waals surface area (Å²) in [6.07, 6.45) is 0.737. The van der Waals surface area contributed by atoms with Crippen LogP contribution in [0, 0.1) is 0 Å². The molecule has 44 heavy (non-hydrogen) atoms. The van der Waals surface area contributed by atoms with Crippen molar-refractivity contribution in [3.8, 4) is 5.69 Å². The van der Waals surface area contributed by atoms with E-state index < -0.39 is 11.4 Å². The molecular weight excluding hydrogens is 580 g/mol. The van der Waals surface area contributed by atoms with E-state index in [1.165, 1.54) is 4.57 Å².